The molecule has 2 atom stereocenters. The zero-order valence-electron chi connectivity index (χ0n) is 19.7. The molecule has 0 bridgehead atoms. The smallest absolute Gasteiger partial charge is 0.174 e. The number of aromatic nitrogens is 2. The molecule has 1 saturated heterocycles. The first-order valence-electron chi connectivity index (χ1n) is 11.2. The molecular formula is C27H26N4O3S. The number of ether oxygens (including phenoxy) is 3. The third-order valence-corrected chi connectivity index (χ3v) is 6.49. The van der Waals surface area contributed by atoms with Gasteiger partial charge in [-0.25, -0.2) is 0 Å². The number of pyridine rings is 1. The van der Waals surface area contributed by atoms with Gasteiger partial charge >= 0.3 is 0 Å². The van der Waals surface area contributed by atoms with Crippen molar-refractivity contribution in [3.05, 3.63) is 96.6 Å². The Kier molecular flexibility index (Phi) is 6.29. The number of thiocarbonyl (C=S) groups is 1. The Morgan fingerprint density at radius 1 is 0.857 bits per heavy atom. The quantitative estimate of drug-likeness (QED) is 0.366. The SMILES string of the molecule is COc1ccc(-n2cccc2[C@H]2[C@H](c3ccccn3)NC(=S)N2c2cc(OC)ccc2OC)cc1. The molecule has 1 aliphatic heterocycles. The van der Waals surface area contributed by atoms with Crippen LogP contribution in [0.25, 0.3) is 5.69 Å². The molecule has 1 fully saturated rings. The van der Waals surface area contributed by atoms with Crippen LogP contribution in [-0.4, -0.2) is 36.0 Å². The maximum atomic E-state index is 5.90. The molecule has 0 amide bonds. The van der Waals surface area contributed by atoms with Crippen molar-refractivity contribution in [3.63, 3.8) is 0 Å². The normalized spacial score (nSPS) is 17.2. The monoisotopic (exact) mass is 486 g/mol. The second kappa shape index (κ2) is 9.68. The molecule has 0 spiro atoms. The van der Waals surface area contributed by atoms with Gasteiger partial charge in [-0.3, -0.25) is 4.98 Å². The largest absolute Gasteiger partial charge is 0.497 e. The van der Waals surface area contributed by atoms with Gasteiger partial charge in [0.15, 0.2) is 5.11 Å². The Bertz CT molecular complexity index is 1320. The predicted octanol–water partition coefficient (Wildman–Crippen LogP) is 5.08. The van der Waals surface area contributed by atoms with E-state index in [9.17, 15) is 0 Å². The predicted molar refractivity (Wildman–Crippen MR) is 140 cm³/mol. The zero-order chi connectivity index (χ0) is 24.4. The lowest BCUT2D eigenvalue weighted by Gasteiger charge is -2.30. The molecule has 8 heteroatoms. The molecule has 7 nitrogen and oxygen atoms in total. The Morgan fingerprint density at radius 3 is 2.31 bits per heavy atom. The number of anilines is 1. The van der Waals surface area contributed by atoms with E-state index in [1.54, 1.807) is 27.5 Å². The second-order valence-electron chi connectivity index (χ2n) is 8.04. The van der Waals surface area contributed by atoms with Gasteiger partial charge in [-0.2, -0.15) is 0 Å². The number of methoxy groups -OCH3 is 3. The Labute approximate surface area is 209 Å². The molecule has 0 aliphatic carbocycles. The summed E-state index contributed by atoms with van der Waals surface area (Å²) in [4.78, 5) is 6.74. The summed E-state index contributed by atoms with van der Waals surface area (Å²) in [5.41, 5.74) is 3.77. The van der Waals surface area contributed by atoms with Gasteiger partial charge in [0, 0.05) is 29.8 Å². The molecule has 5 rings (SSSR count). The van der Waals surface area contributed by atoms with Crippen LogP contribution in [0, 0.1) is 0 Å². The topological polar surface area (TPSA) is 60.8 Å². The van der Waals surface area contributed by atoms with Crippen molar-refractivity contribution < 1.29 is 14.2 Å². The first-order chi connectivity index (χ1) is 17.1. The van der Waals surface area contributed by atoms with Gasteiger partial charge in [0.1, 0.15) is 23.3 Å². The molecule has 1 aliphatic rings. The lowest BCUT2D eigenvalue weighted by Crippen LogP contribution is -2.30. The van der Waals surface area contributed by atoms with Gasteiger partial charge in [0.2, 0.25) is 0 Å². The summed E-state index contributed by atoms with van der Waals surface area (Å²) >= 11 is 5.90. The van der Waals surface area contributed by atoms with E-state index in [0.717, 1.165) is 28.5 Å². The minimum Gasteiger partial charge on any atom is -0.497 e. The van der Waals surface area contributed by atoms with Crippen molar-refractivity contribution in [3.8, 4) is 22.9 Å². The molecular weight excluding hydrogens is 460 g/mol. The lowest BCUT2D eigenvalue weighted by molar-refractivity contribution is 0.402. The van der Waals surface area contributed by atoms with Crippen LogP contribution in [0.2, 0.25) is 0 Å². The first kappa shape index (κ1) is 22.7. The summed E-state index contributed by atoms with van der Waals surface area (Å²) in [6.07, 6.45) is 3.85. The standard InChI is InChI=1S/C27H26N4O3S/c1-32-19-11-9-18(10-12-19)30-16-6-8-22(30)26-25(21-7-4-5-15-28-21)29-27(35)31(26)23-17-20(33-2)13-14-24(23)34-3/h4-17,25-26H,1-3H3,(H,29,35)/t25-,26-/m0/s1. The Morgan fingerprint density at radius 2 is 1.63 bits per heavy atom. The van der Waals surface area contributed by atoms with Gasteiger partial charge in [-0.15, -0.1) is 0 Å². The average molecular weight is 487 g/mol. The zero-order valence-corrected chi connectivity index (χ0v) is 20.5. The molecule has 2 aromatic heterocycles. The number of rotatable bonds is 7. The van der Waals surface area contributed by atoms with Gasteiger partial charge in [-0.05, 0) is 72.9 Å². The summed E-state index contributed by atoms with van der Waals surface area (Å²) in [7, 11) is 4.97. The number of hydrogen-bond acceptors (Lipinski definition) is 5. The number of nitrogens with zero attached hydrogens (tertiary/aromatic N) is 3. The molecule has 1 N–H and O–H groups in total. The maximum Gasteiger partial charge on any atom is 0.174 e. The van der Waals surface area contributed by atoms with Crippen LogP contribution < -0.4 is 24.4 Å². The van der Waals surface area contributed by atoms with E-state index in [0.29, 0.717) is 16.6 Å². The number of benzene rings is 2. The maximum absolute atomic E-state index is 5.90. The summed E-state index contributed by atoms with van der Waals surface area (Å²) in [6, 6.07) is 23.4. The van der Waals surface area contributed by atoms with E-state index >= 15 is 0 Å². The highest BCUT2D eigenvalue weighted by atomic mass is 32.1. The van der Waals surface area contributed by atoms with Gasteiger partial charge < -0.3 is 29.0 Å². The molecule has 178 valence electrons. The lowest BCUT2D eigenvalue weighted by atomic mass is 10.0. The van der Waals surface area contributed by atoms with E-state index < -0.39 is 0 Å². The molecule has 0 saturated carbocycles. The molecule has 4 aromatic rings. The summed E-state index contributed by atoms with van der Waals surface area (Å²) in [6.45, 7) is 0. The first-order valence-corrected chi connectivity index (χ1v) is 11.6. The average Bonchev–Trinajstić information content (AvgIpc) is 3.53. The Hall–Kier alpha value is -4.04. The van der Waals surface area contributed by atoms with Crippen LogP contribution in [0.3, 0.4) is 0 Å². The molecule has 3 heterocycles. The highest BCUT2D eigenvalue weighted by Gasteiger charge is 2.43. The van der Waals surface area contributed by atoms with Crippen LogP contribution in [0.1, 0.15) is 23.5 Å². The van der Waals surface area contributed by atoms with Crippen molar-refractivity contribution >= 4 is 23.0 Å². The highest BCUT2D eigenvalue weighted by Crippen LogP contribution is 2.46. The summed E-state index contributed by atoms with van der Waals surface area (Å²) in [5, 5.41) is 4.09. The fourth-order valence-corrected chi connectivity index (χ4v) is 4.85. The molecule has 0 unspecified atom stereocenters. The third kappa shape index (κ3) is 4.17. The Balaban J connectivity index is 1.68. The summed E-state index contributed by atoms with van der Waals surface area (Å²) in [5.74, 6) is 2.22. The van der Waals surface area contributed by atoms with Gasteiger partial charge in [0.05, 0.1) is 38.8 Å². The van der Waals surface area contributed by atoms with E-state index in [-0.39, 0.29) is 12.1 Å². The van der Waals surface area contributed by atoms with Crippen LogP contribution in [0.5, 0.6) is 17.2 Å². The number of nitrogens with one attached hydrogen (secondary N) is 1. The third-order valence-electron chi connectivity index (χ3n) is 6.18. The van der Waals surface area contributed by atoms with Crippen LogP contribution in [0.15, 0.2) is 85.2 Å². The van der Waals surface area contributed by atoms with Crippen LogP contribution in [0.4, 0.5) is 5.69 Å². The van der Waals surface area contributed by atoms with Gasteiger partial charge in [0.25, 0.3) is 0 Å². The van der Waals surface area contributed by atoms with Crippen LogP contribution >= 0.6 is 12.2 Å². The van der Waals surface area contributed by atoms with E-state index in [2.05, 4.69) is 32.0 Å². The van der Waals surface area contributed by atoms with Crippen molar-refractivity contribution in [2.24, 2.45) is 0 Å². The molecule has 2 aromatic carbocycles. The van der Waals surface area contributed by atoms with Crippen molar-refractivity contribution in [1.29, 1.82) is 0 Å². The van der Waals surface area contributed by atoms with Crippen molar-refractivity contribution in [1.82, 2.24) is 14.9 Å². The fourth-order valence-electron chi connectivity index (χ4n) is 4.51. The minimum absolute atomic E-state index is 0.188. The minimum atomic E-state index is -0.212. The molecule has 0 radical (unpaired) electrons. The molecule has 35 heavy (non-hydrogen) atoms. The fraction of sp³-hybridized carbons (Fsp3) is 0.185. The van der Waals surface area contributed by atoms with E-state index in [1.165, 1.54) is 0 Å². The van der Waals surface area contributed by atoms with Crippen molar-refractivity contribution in [2.75, 3.05) is 26.2 Å². The van der Waals surface area contributed by atoms with E-state index in [1.807, 2.05) is 66.7 Å². The van der Waals surface area contributed by atoms with Crippen LogP contribution in [-0.2, 0) is 0 Å². The van der Waals surface area contributed by atoms with E-state index in [4.69, 9.17) is 26.4 Å². The highest BCUT2D eigenvalue weighted by molar-refractivity contribution is 7.80. The van der Waals surface area contributed by atoms with Crippen molar-refractivity contribution in [2.45, 2.75) is 12.1 Å². The number of hydrogen-bond donors (Lipinski definition) is 1. The van der Waals surface area contributed by atoms with Gasteiger partial charge in [-0.1, -0.05) is 6.07 Å². The summed E-state index contributed by atoms with van der Waals surface area (Å²) < 4.78 is 18.8. The second-order valence-corrected chi connectivity index (χ2v) is 8.42.